The van der Waals surface area contributed by atoms with Crippen molar-refractivity contribution in [1.82, 2.24) is 0 Å². The van der Waals surface area contributed by atoms with Crippen LogP contribution >= 0.6 is 0 Å². The van der Waals surface area contributed by atoms with Crippen LogP contribution in [0.25, 0.3) is 0 Å². The molecular weight excluding hydrogens is 764 g/mol. The lowest BCUT2D eigenvalue weighted by atomic mass is 9.38. The molecule has 336 valence electrons. The third-order valence-electron chi connectivity index (χ3n) is 16.0. The molecule has 4 aliphatic carbocycles. The first-order chi connectivity index (χ1) is 27.5. The van der Waals surface area contributed by atoms with Crippen LogP contribution in [0, 0.1) is 45.3 Å². The minimum atomic E-state index is -1.58. The summed E-state index contributed by atoms with van der Waals surface area (Å²) in [4.78, 5) is 23.2. The Hall–Kier alpha value is -1.98. The second-order valence-electron chi connectivity index (χ2n) is 20.3. The summed E-state index contributed by atoms with van der Waals surface area (Å²) in [5.41, 5.74) is 0.736. The van der Waals surface area contributed by atoms with Crippen molar-refractivity contribution >= 4 is 11.9 Å². The SMILES string of the molecule is CC(=O)OC[C@@H]1O[C@H](O[C@H]2C[C@@]3(C)[C@@H]4[C@@H](O)C=C5[C@@H](CC[C@H](O[C@H]6OC[C@@H](OC(C)=O)[C@@H](O)[C@H]6O)C5(C)C)[C@]4(C)CC[C@]3(C)[C@H]2[C@H](C)CCC=C(C)C)[C@H](O)[C@H](O)[C@H]1O. The number of allylic oxidation sites excluding steroid dienone is 2. The van der Waals surface area contributed by atoms with E-state index in [1.54, 1.807) is 0 Å². The van der Waals surface area contributed by atoms with E-state index in [9.17, 15) is 40.2 Å². The maximum absolute atomic E-state index is 12.6. The fourth-order valence-corrected chi connectivity index (χ4v) is 12.9. The summed E-state index contributed by atoms with van der Waals surface area (Å²) in [6.45, 7) is 19.7. The molecule has 0 amide bonds. The van der Waals surface area contributed by atoms with Gasteiger partial charge in [0.05, 0.1) is 24.9 Å². The van der Waals surface area contributed by atoms with E-state index < -0.39 is 96.4 Å². The number of aliphatic hydroxyl groups excluding tert-OH is 6. The van der Waals surface area contributed by atoms with Crippen molar-refractivity contribution in [2.45, 2.75) is 188 Å². The molecule has 2 heterocycles. The Kier molecular flexibility index (Phi) is 13.6. The zero-order valence-electron chi connectivity index (χ0n) is 36.7. The molecule has 2 saturated heterocycles. The topological polar surface area (TPSA) is 211 Å². The monoisotopic (exact) mass is 836 g/mol. The molecule has 6 rings (SSSR count). The van der Waals surface area contributed by atoms with Crippen LogP contribution in [0.1, 0.15) is 114 Å². The van der Waals surface area contributed by atoms with E-state index >= 15 is 0 Å². The second-order valence-corrected chi connectivity index (χ2v) is 20.3. The summed E-state index contributed by atoms with van der Waals surface area (Å²) in [5, 5.41) is 67.2. The van der Waals surface area contributed by atoms with E-state index in [1.807, 2.05) is 6.08 Å². The van der Waals surface area contributed by atoms with Crippen molar-refractivity contribution in [3.8, 4) is 0 Å². The number of ether oxygens (including phenoxy) is 6. The van der Waals surface area contributed by atoms with Crippen LogP contribution in [0.2, 0.25) is 0 Å². The smallest absolute Gasteiger partial charge is 0.303 e. The molecule has 0 aromatic carbocycles. The van der Waals surface area contributed by atoms with E-state index in [1.165, 1.54) is 19.4 Å². The number of esters is 2. The van der Waals surface area contributed by atoms with E-state index in [0.29, 0.717) is 12.8 Å². The highest BCUT2D eigenvalue weighted by Gasteiger charge is 2.72. The predicted octanol–water partition coefficient (Wildman–Crippen LogP) is 3.71. The Morgan fingerprint density at radius 2 is 1.51 bits per heavy atom. The Morgan fingerprint density at radius 1 is 0.831 bits per heavy atom. The lowest BCUT2D eigenvalue weighted by Gasteiger charge is -2.67. The van der Waals surface area contributed by atoms with Gasteiger partial charge in [-0.2, -0.15) is 0 Å². The minimum absolute atomic E-state index is 0.00908. The third kappa shape index (κ3) is 8.34. The summed E-state index contributed by atoms with van der Waals surface area (Å²) in [6.07, 6.45) is -3.72. The molecule has 2 aliphatic heterocycles. The quantitative estimate of drug-likeness (QED) is 0.130. The molecule has 0 bridgehead atoms. The van der Waals surface area contributed by atoms with Crippen LogP contribution in [0.15, 0.2) is 23.3 Å². The summed E-state index contributed by atoms with van der Waals surface area (Å²) in [6, 6.07) is 0. The van der Waals surface area contributed by atoms with Crippen LogP contribution in [0.3, 0.4) is 0 Å². The van der Waals surface area contributed by atoms with Crippen LogP contribution in [-0.4, -0.2) is 129 Å². The highest BCUT2D eigenvalue weighted by atomic mass is 16.7. The van der Waals surface area contributed by atoms with Crippen molar-refractivity contribution in [2.24, 2.45) is 45.3 Å². The average Bonchev–Trinajstić information content (AvgIpc) is 3.37. The van der Waals surface area contributed by atoms with E-state index in [-0.39, 0.29) is 47.7 Å². The zero-order chi connectivity index (χ0) is 43.6. The summed E-state index contributed by atoms with van der Waals surface area (Å²) in [5.74, 6) is -1.00. The van der Waals surface area contributed by atoms with Gasteiger partial charge in [-0.05, 0) is 92.8 Å². The summed E-state index contributed by atoms with van der Waals surface area (Å²) >= 11 is 0. The fraction of sp³-hybridized carbons (Fsp3) is 0.867. The average molecular weight is 837 g/mol. The van der Waals surface area contributed by atoms with Gasteiger partial charge in [0.25, 0.3) is 0 Å². The number of hydrogen-bond donors (Lipinski definition) is 6. The molecule has 6 aliphatic rings. The fourth-order valence-electron chi connectivity index (χ4n) is 12.9. The first kappa shape index (κ1) is 46.5. The van der Waals surface area contributed by atoms with Crippen molar-refractivity contribution < 1.29 is 68.6 Å². The van der Waals surface area contributed by atoms with Gasteiger partial charge < -0.3 is 59.1 Å². The lowest BCUT2D eigenvalue weighted by Crippen LogP contribution is -2.63. The molecule has 14 heteroatoms. The number of carbonyl (C=O) groups excluding carboxylic acids is 2. The van der Waals surface area contributed by atoms with Crippen molar-refractivity contribution in [2.75, 3.05) is 13.2 Å². The zero-order valence-corrected chi connectivity index (χ0v) is 36.7. The van der Waals surface area contributed by atoms with Gasteiger partial charge in [0, 0.05) is 25.2 Å². The molecular formula is C45H72O14. The number of aliphatic hydroxyl groups is 6. The predicted molar refractivity (Wildman–Crippen MR) is 214 cm³/mol. The van der Waals surface area contributed by atoms with Gasteiger partial charge in [-0.15, -0.1) is 0 Å². The Balaban J connectivity index is 1.29. The van der Waals surface area contributed by atoms with E-state index in [2.05, 4.69) is 61.5 Å². The van der Waals surface area contributed by atoms with Gasteiger partial charge in [0.1, 0.15) is 43.2 Å². The molecule has 3 saturated carbocycles. The Morgan fingerprint density at radius 3 is 2.15 bits per heavy atom. The summed E-state index contributed by atoms with van der Waals surface area (Å²) in [7, 11) is 0. The maximum atomic E-state index is 12.6. The first-order valence-corrected chi connectivity index (χ1v) is 21.8. The molecule has 0 aromatic rings. The second kappa shape index (κ2) is 17.3. The van der Waals surface area contributed by atoms with Gasteiger partial charge in [0.2, 0.25) is 0 Å². The van der Waals surface area contributed by atoms with Gasteiger partial charge in [-0.25, -0.2) is 0 Å². The minimum Gasteiger partial charge on any atom is -0.463 e. The number of fused-ring (bicyclic) bond motifs is 5. The highest BCUT2D eigenvalue weighted by molar-refractivity contribution is 5.66. The highest BCUT2D eigenvalue weighted by Crippen LogP contribution is 2.75. The van der Waals surface area contributed by atoms with Gasteiger partial charge >= 0.3 is 11.9 Å². The van der Waals surface area contributed by atoms with E-state index in [0.717, 1.165) is 37.7 Å². The molecule has 5 fully saturated rings. The molecule has 0 aromatic heterocycles. The van der Waals surface area contributed by atoms with Crippen molar-refractivity contribution in [3.63, 3.8) is 0 Å². The Labute approximate surface area is 349 Å². The summed E-state index contributed by atoms with van der Waals surface area (Å²) < 4.78 is 35.5. The van der Waals surface area contributed by atoms with Crippen LogP contribution in [-0.2, 0) is 38.0 Å². The number of carbonyl (C=O) groups is 2. The van der Waals surface area contributed by atoms with Gasteiger partial charge in [-0.3, -0.25) is 9.59 Å². The van der Waals surface area contributed by atoms with Crippen LogP contribution in [0.5, 0.6) is 0 Å². The van der Waals surface area contributed by atoms with Crippen molar-refractivity contribution in [1.29, 1.82) is 0 Å². The molecule has 19 atom stereocenters. The van der Waals surface area contributed by atoms with Crippen molar-refractivity contribution in [3.05, 3.63) is 23.3 Å². The van der Waals surface area contributed by atoms with Crippen LogP contribution < -0.4 is 0 Å². The molecule has 0 unspecified atom stereocenters. The van der Waals surface area contributed by atoms with E-state index in [4.69, 9.17) is 28.4 Å². The number of rotatable bonds is 11. The van der Waals surface area contributed by atoms with Crippen LogP contribution in [0.4, 0.5) is 0 Å². The van der Waals surface area contributed by atoms with Gasteiger partial charge in [0.15, 0.2) is 18.7 Å². The molecule has 0 radical (unpaired) electrons. The third-order valence-corrected chi connectivity index (χ3v) is 16.0. The first-order valence-electron chi connectivity index (χ1n) is 21.8. The maximum Gasteiger partial charge on any atom is 0.303 e. The molecule has 6 N–H and O–H groups in total. The molecule has 0 spiro atoms. The molecule has 14 nitrogen and oxygen atoms in total. The van der Waals surface area contributed by atoms with Gasteiger partial charge in [-0.1, -0.05) is 64.8 Å². The standard InChI is InChI=1S/C45H72O14/c1-22(2)12-11-13-23(3)33-29(57-41-38(53)36(51)34(49)31(58-41)20-54-24(4)46)19-45(10)39-28(48)18-27-26(43(39,8)16-17-44(33,45)9)14-15-32(42(27,6)7)59-40-37(52)35(50)30(21-55-40)56-25(5)47/h12,18,23,26,28-41,48-53H,11,13-17,19-21H2,1-10H3/t23-,26-,28+,29+,30-,31+,32+,33+,34+,35-,36-,37-,38-,39-,40-,41+,43+,44-,45+/m1/s1. The largest absolute Gasteiger partial charge is 0.463 e. The molecule has 59 heavy (non-hydrogen) atoms. The normalized spacial score (nSPS) is 47.1. The lowest BCUT2D eigenvalue weighted by molar-refractivity contribution is -0.316. The number of hydrogen-bond acceptors (Lipinski definition) is 14. The Bertz CT molecular complexity index is 1590.